The SMILES string of the molecule is CCc1ccc(N=C2NC(=O)/C(=C/c3cc(Br)c(OCc4ccc(C(=O)O)cc4)c(OC)c3)S2)cc1. The molecule has 9 heteroatoms. The summed E-state index contributed by atoms with van der Waals surface area (Å²) in [6.07, 6.45) is 2.72. The van der Waals surface area contributed by atoms with Gasteiger partial charge in [-0.05, 0) is 93.3 Å². The average molecular weight is 567 g/mol. The van der Waals surface area contributed by atoms with Gasteiger partial charge in [0.15, 0.2) is 16.7 Å². The molecule has 0 aromatic heterocycles. The number of ether oxygens (including phenoxy) is 2. The minimum Gasteiger partial charge on any atom is -0.493 e. The molecule has 1 aliphatic rings. The number of aromatic carboxylic acids is 1. The van der Waals surface area contributed by atoms with E-state index in [0.717, 1.165) is 23.2 Å². The molecule has 0 aliphatic carbocycles. The van der Waals surface area contributed by atoms with Gasteiger partial charge in [-0.3, -0.25) is 4.79 Å². The van der Waals surface area contributed by atoms with Gasteiger partial charge in [0.05, 0.1) is 27.7 Å². The van der Waals surface area contributed by atoms with Crippen LogP contribution in [0.3, 0.4) is 0 Å². The zero-order chi connectivity index (χ0) is 25.7. The van der Waals surface area contributed by atoms with E-state index in [1.54, 1.807) is 31.4 Å². The minimum atomic E-state index is -0.977. The Kier molecular flexibility index (Phi) is 8.12. The molecule has 0 radical (unpaired) electrons. The molecule has 1 heterocycles. The van der Waals surface area contributed by atoms with E-state index in [1.165, 1.54) is 29.5 Å². The summed E-state index contributed by atoms with van der Waals surface area (Å²) in [6.45, 7) is 2.32. The van der Waals surface area contributed by atoms with Crippen LogP contribution in [0.1, 0.15) is 34.0 Å². The highest BCUT2D eigenvalue weighted by Crippen LogP contribution is 2.39. The van der Waals surface area contributed by atoms with Crippen molar-refractivity contribution in [2.24, 2.45) is 4.99 Å². The smallest absolute Gasteiger partial charge is 0.335 e. The summed E-state index contributed by atoms with van der Waals surface area (Å²) < 4.78 is 12.1. The van der Waals surface area contributed by atoms with Gasteiger partial charge >= 0.3 is 5.97 Å². The molecule has 1 aliphatic heterocycles. The Morgan fingerprint density at radius 2 is 1.81 bits per heavy atom. The van der Waals surface area contributed by atoms with Crippen LogP contribution in [0.4, 0.5) is 5.69 Å². The lowest BCUT2D eigenvalue weighted by molar-refractivity contribution is -0.115. The molecule has 4 rings (SSSR count). The Morgan fingerprint density at radius 1 is 1.11 bits per heavy atom. The molecule has 0 bridgehead atoms. The fourth-order valence-electron chi connectivity index (χ4n) is 3.42. The highest BCUT2D eigenvalue weighted by atomic mass is 79.9. The molecule has 3 aromatic rings. The summed E-state index contributed by atoms with van der Waals surface area (Å²) in [5, 5.41) is 12.4. The van der Waals surface area contributed by atoms with Crippen LogP contribution in [0.5, 0.6) is 11.5 Å². The van der Waals surface area contributed by atoms with E-state index >= 15 is 0 Å². The van der Waals surface area contributed by atoms with Crippen molar-refractivity contribution in [3.05, 3.63) is 92.3 Å². The van der Waals surface area contributed by atoms with Gasteiger partial charge in [-0.25, -0.2) is 9.79 Å². The zero-order valence-electron chi connectivity index (χ0n) is 19.6. The van der Waals surface area contributed by atoms with Crippen molar-refractivity contribution in [3.63, 3.8) is 0 Å². The number of nitrogens with zero attached hydrogens (tertiary/aromatic N) is 1. The van der Waals surface area contributed by atoms with Crippen molar-refractivity contribution < 1.29 is 24.2 Å². The third kappa shape index (κ3) is 6.16. The predicted molar refractivity (Wildman–Crippen MR) is 145 cm³/mol. The first-order chi connectivity index (χ1) is 17.4. The highest BCUT2D eigenvalue weighted by Gasteiger charge is 2.24. The molecule has 0 unspecified atom stereocenters. The maximum absolute atomic E-state index is 12.5. The molecule has 7 nitrogen and oxygen atoms in total. The second-order valence-electron chi connectivity index (χ2n) is 7.83. The van der Waals surface area contributed by atoms with Gasteiger partial charge in [-0.15, -0.1) is 0 Å². The van der Waals surface area contributed by atoms with Crippen LogP contribution in [0, 0.1) is 0 Å². The summed E-state index contributed by atoms with van der Waals surface area (Å²) in [5.41, 5.74) is 3.79. The van der Waals surface area contributed by atoms with E-state index < -0.39 is 5.97 Å². The van der Waals surface area contributed by atoms with Crippen LogP contribution in [-0.2, 0) is 17.8 Å². The first-order valence-corrected chi connectivity index (χ1v) is 12.7. The maximum atomic E-state index is 12.5. The average Bonchev–Trinajstić information content (AvgIpc) is 3.21. The zero-order valence-corrected chi connectivity index (χ0v) is 22.0. The number of nitrogens with one attached hydrogen (secondary N) is 1. The van der Waals surface area contributed by atoms with Crippen molar-refractivity contribution >= 4 is 56.5 Å². The van der Waals surface area contributed by atoms with Crippen molar-refractivity contribution in [3.8, 4) is 11.5 Å². The van der Waals surface area contributed by atoms with Crippen molar-refractivity contribution in [1.29, 1.82) is 0 Å². The van der Waals surface area contributed by atoms with Crippen molar-refractivity contribution in [2.75, 3.05) is 7.11 Å². The number of halogens is 1. The van der Waals surface area contributed by atoms with Gasteiger partial charge in [0.1, 0.15) is 6.61 Å². The summed E-state index contributed by atoms with van der Waals surface area (Å²) in [4.78, 5) is 28.6. The summed E-state index contributed by atoms with van der Waals surface area (Å²) in [6, 6.07) is 18.0. The number of hydrogen-bond acceptors (Lipinski definition) is 6. The number of rotatable bonds is 8. The topological polar surface area (TPSA) is 97.2 Å². The van der Waals surface area contributed by atoms with E-state index in [0.29, 0.717) is 26.0 Å². The minimum absolute atomic E-state index is 0.214. The number of aliphatic imine (C=N–C) groups is 1. The number of hydrogen-bond donors (Lipinski definition) is 2. The number of amides is 1. The van der Waals surface area contributed by atoms with Crippen LogP contribution in [0.2, 0.25) is 0 Å². The van der Waals surface area contributed by atoms with Gasteiger partial charge in [0.25, 0.3) is 5.91 Å². The van der Waals surface area contributed by atoms with E-state index in [2.05, 4.69) is 33.2 Å². The Bertz CT molecular complexity index is 1350. The van der Waals surface area contributed by atoms with Gasteiger partial charge in [-0.1, -0.05) is 31.2 Å². The fraction of sp³-hybridized carbons (Fsp3) is 0.148. The Hall–Kier alpha value is -3.56. The van der Waals surface area contributed by atoms with E-state index in [-0.39, 0.29) is 18.1 Å². The van der Waals surface area contributed by atoms with Gasteiger partial charge < -0.3 is 19.9 Å². The monoisotopic (exact) mass is 566 g/mol. The highest BCUT2D eigenvalue weighted by molar-refractivity contribution is 9.10. The van der Waals surface area contributed by atoms with Crippen LogP contribution in [-0.4, -0.2) is 29.3 Å². The lowest BCUT2D eigenvalue weighted by Crippen LogP contribution is -2.19. The first-order valence-electron chi connectivity index (χ1n) is 11.1. The number of thioether (sulfide) groups is 1. The lowest BCUT2D eigenvalue weighted by atomic mass is 10.1. The Labute approximate surface area is 221 Å². The number of amidine groups is 1. The molecular weight excluding hydrogens is 544 g/mol. The maximum Gasteiger partial charge on any atom is 0.335 e. The molecule has 36 heavy (non-hydrogen) atoms. The van der Waals surface area contributed by atoms with E-state index in [1.807, 2.05) is 30.3 Å². The third-order valence-electron chi connectivity index (χ3n) is 5.36. The molecule has 184 valence electrons. The standard InChI is InChI=1S/C27H23BrN2O5S/c1-3-16-6-10-20(11-7-16)29-27-30-25(31)23(36-27)14-18-12-21(28)24(22(13-18)34-2)35-15-17-4-8-19(9-5-17)26(32)33/h4-14H,3,15H2,1-2H3,(H,32,33)(H,29,30,31)/b23-14-. The van der Waals surface area contributed by atoms with Crippen LogP contribution >= 0.6 is 27.7 Å². The molecule has 0 spiro atoms. The first kappa shape index (κ1) is 25.5. The normalized spacial score (nSPS) is 15.2. The third-order valence-corrected chi connectivity index (χ3v) is 6.86. The molecule has 3 aromatic carbocycles. The van der Waals surface area contributed by atoms with Gasteiger partial charge in [0, 0.05) is 0 Å². The molecule has 0 atom stereocenters. The Morgan fingerprint density at radius 3 is 2.44 bits per heavy atom. The number of methoxy groups -OCH3 is 1. The molecule has 1 fully saturated rings. The van der Waals surface area contributed by atoms with Crippen LogP contribution in [0.15, 0.2) is 75.0 Å². The number of aryl methyl sites for hydroxylation is 1. The fourth-order valence-corrected chi connectivity index (χ4v) is 4.83. The molecule has 1 saturated heterocycles. The largest absolute Gasteiger partial charge is 0.493 e. The second kappa shape index (κ2) is 11.5. The van der Waals surface area contributed by atoms with Gasteiger partial charge in [0.2, 0.25) is 0 Å². The molecule has 0 saturated carbocycles. The van der Waals surface area contributed by atoms with Crippen molar-refractivity contribution in [2.45, 2.75) is 20.0 Å². The van der Waals surface area contributed by atoms with Crippen molar-refractivity contribution in [1.82, 2.24) is 5.32 Å². The van der Waals surface area contributed by atoms with E-state index in [4.69, 9.17) is 14.6 Å². The van der Waals surface area contributed by atoms with Gasteiger partial charge in [-0.2, -0.15) is 0 Å². The van der Waals surface area contributed by atoms with Crippen LogP contribution < -0.4 is 14.8 Å². The number of carboxylic acid groups (broad SMARTS) is 1. The summed E-state index contributed by atoms with van der Waals surface area (Å²) in [5.74, 6) is -0.200. The lowest BCUT2D eigenvalue weighted by Gasteiger charge is -2.14. The molecule has 2 N–H and O–H groups in total. The quantitative estimate of drug-likeness (QED) is 0.315. The van der Waals surface area contributed by atoms with Crippen LogP contribution in [0.25, 0.3) is 6.08 Å². The Balaban J connectivity index is 1.49. The number of carboxylic acids is 1. The molecular formula is C27H23BrN2O5S. The number of carbonyl (C=O) groups is 2. The number of benzene rings is 3. The molecule has 1 amide bonds. The number of carbonyl (C=O) groups excluding carboxylic acids is 1. The van der Waals surface area contributed by atoms with E-state index in [9.17, 15) is 9.59 Å². The predicted octanol–water partition coefficient (Wildman–Crippen LogP) is 6.19. The summed E-state index contributed by atoms with van der Waals surface area (Å²) >= 11 is 4.81. The summed E-state index contributed by atoms with van der Waals surface area (Å²) in [7, 11) is 1.54. The second-order valence-corrected chi connectivity index (χ2v) is 9.71.